The Morgan fingerprint density at radius 1 is 1.16 bits per heavy atom. The molecule has 1 spiro atoms. The van der Waals surface area contributed by atoms with E-state index in [4.69, 9.17) is 0 Å². The van der Waals surface area contributed by atoms with Crippen molar-refractivity contribution in [3.8, 4) is 0 Å². The largest absolute Gasteiger partial charge is 0.299 e. The molecule has 1 heteroatoms. The molecule has 0 N–H and O–H groups in total. The van der Waals surface area contributed by atoms with E-state index in [1.54, 1.807) is 0 Å². The SMILES string of the molecule is CCC(C)c1ccc2cc3c(cc2c1)CC(=O)CC31CC2C=CC1C2. The van der Waals surface area contributed by atoms with E-state index in [9.17, 15) is 4.79 Å². The van der Waals surface area contributed by atoms with Crippen LogP contribution in [0.1, 0.15) is 62.1 Å². The second-order valence-corrected chi connectivity index (χ2v) is 8.66. The molecule has 3 aliphatic carbocycles. The van der Waals surface area contributed by atoms with E-state index in [2.05, 4.69) is 56.3 Å². The number of fused-ring (bicyclic) bond motifs is 6. The van der Waals surface area contributed by atoms with E-state index in [-0.39, 0.29) is 5.41 Å². The van der Waals surface area contributed by atoms with Crippen LogP contribution in [0.5, 0.6) is 0 Å². The van der Waals surface area contributed by atoms with E-state index < -0.39 is 0 Å². The summed E-state index contributed by atoms with van der Waals surface area (Å²) in [6.07, 6.45) is 9.74. The molecule has 0 aliphatic heterocycles. The van der Waals surface area contributed by atoms with Gasteiger partial charge in [-0.15, -0.1) is 0 Å². The molecule has 128 valence electrons. The number of Topliss-reactive ketones (excluding diaryl/α,β-unsaturated/α-hetero) is 1. The summed E-state index contributed by atoms with van der Waals surface area (Å²) in [5.41, 5.74) is 4.28. The quantitative estimate of drug-likeness (QED) is 0.645. The third kappa shape index (κ3) is 2.18. The Bertz CT molecular complexity index is 906. The number of allylic oxidation sites excluding steroid dienone is 2. The van der Waals surface area contributed by atoms with Gasteiger partial charge in [-0.3, -0.25) is 4.79 Å². The van der Waals surface area contributed by atoms with Gasteiger partial charge in [0, 0.05) is 18.3 Å². The zero-order valence-electron chi connectivity index (χ0n) is 15.2. The van der Waals surface area contributed by atoms with Crippen molar-refractivity contribution in [2.45, 2.75) is 57.3 Å². The third-order valence-corrected chi connectivity index (χ3v) is 7.21. The first-order valence-electron chi connectivity index (χ1n) is 9.86. The molecule has 0 amide bonds. The van der Waals surface area contributed by atoms with Crippen molar-refractivity contribution in [1.82, 2.24) is 0 Å². The van der Waals surface area contributed by atoms with Gasteiger partial charge in [-0.2, -0.15) is 0 Å². The Hall–Kier alpha value is -1.89. The molecule has 2 aromatic rings. The predicted molar refractivity (Wildman–Crippen MR) is 103 cm³/mol. The summed E-state index contributed by atoms with van der Waals surface area (Å²) in [5, 5.41) is 2.64. The molecule has 2 bridgehead atoms. The van der Waals surface area contributed by atoms with Gasteiger partial charge in [0.15, 0.2) is 0 Å². The Kier molecular flexibility index (Phi) is 3.26. The van der Waals surface area contributed by atoms with Gasteiger partial charge in [-0.1, -0.05) is 56.3 Å². The van der Waals surface area contributed by atoms with Crippen molar-refractivity contribution in [3.05, 3.63) is 59.2 Å². The Morgan fingerprint density at radius 2 is 2.04 bits per heavy atom. The highest BCUT2D eigenvalue weighted by Crippen LogP contribution is 2.58. The maximum Gasteiger partial charge on any atom is 0.138 e. The third-order valence-electron chi connectivity index (χ3n) is 7.21. The smallest absolute Gasteiger partial charge is 0.138 e. The number of carbonyl (C=O) groups excluding carboxylic acids is 1. The summed E-state index contributed by atoms with van der Waals surface area (Å²) in [6, 6.07) is 11.7. The average Bonchev–Trinajstić information content (AvgIpc) is 3.20. The standard InChI is InChI=1S/C24H26O/c1-3-15(2)17-5-6-18-12-23-20(10-19(18)9-17)11-22(25)14-24(23)13-16-4-7-21(24)8-16/h4-7,9-10,12,15-16,21H,3,8,11,13-14H2,1-2H3. The van der Waals surface area contributed by atoms with Crippen LogP contribution in [0.2, 0.25) is 0 Å². The first kappa shape index (κ1) is 15.4. The Balaban J connectivity index is 1.68. The number of ketones is 1. The van der Waals surface area contributed by atoms with Crippen LogP contribution in [0.3, 0.4) is 0 Å². The van der Waals surface area contributed by atoms with Crippen LogP contribution in [-0.4, -0.2) is 5.78 Å². The Morgan fingerprint density at radius 3 is 2.76 bits per heavy atom. The summed E-state index contributed by atoms with van der Waals surface area (Å²) in [4.78, 5) is 12.6. The minimum Gasteiger partial charge on any atom is -0.299 e. The van der Waals surface area contributed by atoms with Gasteiger partial charge in [0.05, 0.1) is 0 Å². The fraction of sp³-hybridized carbons (Fsp3) is 0.458. The molecule has 1 nitrogen and oxygen atoms in total. The van der Waals surface area contributed by atoms with Gasteiger partial charge < -0.3 is 0 Å². The van der Waals surface area contributed by atoms with E-state index in [1.165, 1.54) is 40.3 Å². The summed E-state index contributed by atoms with van der Waals surface area (Å²) >= 11 is 0. The van der Waals surface area contributed by atoms with Crippen LogP contribution < -0.4 is 0 Å². The summed E-state index contributed by atoms with van der Waals surface area (Å²) in [5.74, 6) is 2.28. The van der Waals surface area contributed by atoms with Gasteiger partial charge in [0.25, 0.3) is 0 Å². The highest BCUT2D eigenvalue weighted by Gasteiger charge is 2.52. The number of benzene rings is 2. The lowest BCUT2D eigenvalue weighted by molar-refractivity contribution is -0.120. The molecule has 0 radical (unpaired) electrons. The van der Waals surface area contributed by atoms with Gasteiger partial charge in [0.1, 0.15) is 5.78 Å². The van der Waals surface area contributed by atoms with E-state index in [0.29, 0.717) is 30.0 Å². The molecule has 5 rings (SSSR count). The van der Waals surface area contributed by atoms with Gasteiger partial charge in [-0.05, 0) is 64.5 Å². The molecule has 4 atom stereocenters. The van der Waals surface area contributed by atoms with Crippen LogP contribution >= 0.6 is 0 Å². The van der Waals surface area contributed by atoms with Crippen LogP contribution in [0.15, 0.2) is 42.5 Å². The molecule has 1 saturated carbocycles. The minimum absolute atomic E-state index is 0.0909. The summed E-state index contributed by atoms with van der Waals surface area (Å²) in [6.45, 7) is 4.53. The summed E-state index contributed by atoms with van der Waals surface area (Å²) < 4.78 is 0. The maximum atomic E-state index is 12.6. The first-order valence-corrected chi connectivity index (χ1v) is 9.86. The van der Waals surface area contributed by atoms with Gasteiger partial charge in [0.2, 0.25) is 0 Å². The van der Waals surface area contributed by atoms with E-state index in [1.807, 2.05) is 0 Å². The molecule has 3 aliphatic rings. The fourth-order valence-corrected chi connectivity index (χ4v) is 5.71. The zero-order chi connectivity index (χ0) is 17.2. The lowest BCUT2D eigenvalue weighted by Gasteiger charge is -2.40. The monoisotopic (exact) mass is 330 g/mol. The van der Waals surface area contributed by atoms with E-state index in [0.717, 1.165) is 12.8 Å². The van der Waals surface area contributed by atoms with Crippen LogP contribution in [0.25, 0.3) is 10.8 Å². The second kappa shape index (κ2) is 5.30. The molecule has 0 heterocycles. The number of carbonyl (C=O) groups is 1. The van der Waals surface area contributed by atoms with Crippen molar-refractivity contribution in [2.24, 2.45) is 11.8 Å². The predicted octanol–water partition coefficient (Wildman–Crippen LogP) is 5.70. The average molecular weight is 330 g/mol. The highest BCUT2D eigenvalue weighted by atomic mass is 16.1. The molecule has 1 fully saturated rings. The molecule has 0 aromatic heterocycles. The van der Waals surface area contributed by atoms with Crippen LogP contribution in [0.4, 0.5) is 0 Å². The topological polar surface area (TPSA) is 17.1 Å². The first-order chi connectivity index (χ1) is 12.1. The van der Waals surface area contributed by atoms with Crippen molar-refractivity contribution in [1.29, 1.82) is 0 Å². The van der Waals surface area contributed by atoms with Crippen LogP contribution in [-0.2, 0) is 16.6 Å². The van der Waals surface area contributed by atoms with E-state index >= 15 is 0 Å². The zero-order valence-corrected chi connectivity index (χ0v) is 15.2. The normalized spacial score (nSPS) is 31.0. The number of hydrogen-bond acceptors (Lipinski definition) is 1. The maximum absolute atomic E-state index is 12.6. The highest BCUT2D eigenvalue weighted by molar-refractivity contribution is 5.91. The molecule has 4 unspecified atom stereocenters. The molecule has 25 heavy (non-hydrogen) atoms. The van der Waals surface area contributed by atoms with Crippen LogP contribution in [0, 0.1) is 11.8 Å². The number of hydrogen-bond donors (Lipinski definition) is 0. The number of rotatable bonds is 2. The molecular weight excluding hydrogens is 304 g/mol. The van der Waals surface area contributed by atoms with Gasteiger partial charge in [-0.25, -0.2) is 0 Å². The van der Waals surface area contributed by atoms with Crippen molar-refractivity contribution >= 4 is 16.6 Å². The minimum atomic E-state index is 0.0909. The molecule has 2 aromatic carbocycles. The molecular formula is C24H26O. The lowest BCUT2D eigenvalue weighted by atomic mass is 9.62. The van der Waals surface area contributed by atoms with Crippen molar-refractivity contribution < 1.29 is 4.79 Å². The lowest BCUT2D eigenvalue weighted by Crippen LogP contribution is -2.38. The fourth-order valence-electron chi connectivity index (χ4n) is 5.71. The van der Waals surface area contributed by atoms with Crippen molar-refractivity contribution in [3.63, 3.8) is 0 Å². The summed E-state index contributed by atoms with van der Waals surface area (Å²) in [7, 11) is 0. The van der Waals surface area contributed by atoms with Gasteiger partial charge >= 0.3 is 0 Å². The second-order valence-electron chi connectivity index (χ2n) is 8.66. The Labute approximate surface area is 150 Å². The van der Waals surface area contributed by atoms with Crippen molar-refractivity contribution in [2.75, 3.05) is 0 Å². The molecule has 0 saturated heterocycles.